The van der Waals surface area contributed by atoms with E-state index in [0.29, 0.717) is 11.5 Å². The van der Waals surface area contributed by atoms with Crippen LogP contribution in [-0.4, -0.2) is 6.79 Å². The number of hydrogen-bond donors (Lipinski definition) is 2. The Bertz CT molecular complexity index is 639. The van der Waals surface area contributed by atoms with Gasteiger partial charge in [0.25, 0.3) is 0 Å². The Morgan fingerprint density at radius 3 is 2.50 bits per heavy atom. The largest absolute Gasteiger partial charge is 0.454 e. The Labute approximate surface area is 114 Å². The molecule has 0 aromatic heterocycles. The Morgan fingerprint density at radius 2 is 1.75 bits per heavy atom. The first-order valence-corrected chi connectivity index (χ1v) is 6.00. The zero-order valence-electron chi connectivity index (χ0n) is 10.5. The topological polar surface area (TPSA) is 56.5 Å². The Balaban J connectivity index is 1.77. The molecule has 2 aromatic carbocycles. The lowest BCUT2D eigenvalue weighted by Crippen LogP contribution is -2.04. The minimum Gasteiger partial charge on any atom is -0.454 e. The van der Waals surface area contributed by atoms with Crippen molar-refractivity contribution in [3.63, 3.8) is 0 Å². The fraction of sp³-hybridized carbons (Fsp3) is 0.143. The van der Waals surface area contributed by atoms with Crippen molar-refractivity contribution in [3.05, 3.63) is 47.5 Å². The van der Waals surface area contributed by atoms with Gasteiger partial charge in [-0.15, -0.1) is 0 Å². The summed E-state index contributed by atoms with van der Waals surface area (Å²) >= 11 is 0. The molecule has 6 heteroatoms. The number of hydrogen-bond acceptors (Lipinski definition) is 4. The zero-order chi connectivity index (χ0) is 14.1. The number of anilines is 2. The van der Waals surface area contributed by atoms with Gasteiger partial charge in [-0.2, -0.15) is 0 Å². The van der Waals surface area contributed by atoms with E-state index in [-0.39, 0.29) is 24.7 Å². The predicted octanol–water partition coefficient (Wildman–Crippen LogP) is 2.89. The maximum atomic E-state index is 13.6. The lowest BCUT2D eigenvalue weighted by Gasteiger charge is -2.10. The molecule has 1 aliphatic heterocycles. The van der Waals surface area contributed by atoms with Gasteiger partial charge in [-0.05, 0) is 29.8 Å². The van der Waals surface area contributed by atoms with Crippen molar-refractivity contribution in [2.24, 2.45) is 0 Å². The lowest BCUT2D eigenvalue weighted by atomic mass is 10.2. The summed E-state index contributed by atoms with van der Waals surface area (Å²) in [5.41, 5.74) is 6.04. The van der Waals surface area contributed by atoms with Crippen LogP contribution < -0.4 is 20.5 Å². The number of nitrogen functional groups attached to an aromatic ring is 1. The van der Waals surface area contributed by atoms with Crippen LogP contribution in [0.4, 0.5) is 20.2 Å². The molecule has 0 unspecified atom stereocenters. The predicted molar refractivity (Wildman–Crippen MR) is 70.7 cm³/mol. The maximum Gasteiger partial charge on any atom is 0.231 e. The van der Waals surface area contributed by atoms with E-state index >= 15 is 0 Å². The molecule has 0 fully saturated rings. The van der Waals surface area contributed by atoms with Crippen LogP contribution >= 0.6 is 0 Å². The van der Waals surface area contributed by atoms with Crippen molar-refractivity contribution in [2.75, 3.05) is 17.8 Å². The molecule has 4 nitrogen and oxygen atoms in total. The van der Waals surface area contributed by atoms with Crippen LogP contribution in [0, 0.1) is 11.6 Å². The van der Waals surface area contributed by atoms with Gasteiger partial charge >= 0.3 is 0 Å². The number of nitrogens with two attached hydrogens (primary N) is 1. The summed E-state index contributed by atoms with van der Waals surface area (Å²) in [6, 6.07) is 7.47. The molecule has 0 spiro atoms. The normalized spacial score (nSPS) is 12.5. The fourth-order valence-corrected chi connectivity index (χ4v) is 2.00. The first kappa shape index (κ1) is 12.5. The molecule has 0 bridgehead atoms. The van der Waals surface area contributed by atoms with E-state index in [1.807, 2.05) is 0 Å². The highest BCUT2D eigenvalue weighted by Crippen LogP contribution is 2.32. The van der Waals surface area contributed by atoms with Gasteiger partial charge in [0.05, 0.1) is 0 Å². The van der Waals surface area contributed by atoms with Crippen molar-refractivity contribution in [1.82, 2.24) is 0 Å². The molecule has 20 heavy (non-hydrogen) atoms. The molecule has 0 atom stereocenters. The minimum absolute atomic E-state index is 0.0497. The Hall–Kier alpha value is -2.50. The third-order valence-corrected chi connectivity index (χ3v) is 2.97. The average Bonchev–Trinajstić information content (AvgIpc) is 2.84. The first-order valence-electron chi connectivity index (χ1n) is 6.00. The highest BCUT2D eigenvalue weighted by molar-refractivity contribution is 5.54. The highest BCUT2D eigenvalue weighted by Gasteiger charge is 2.14. The molecule has 0 aliphatic carbocycles. The van der Waals surface area contributed by atoms with E-state index in [1.165, 1.54) is 0 Å². The van der Waals surface area contributed by atoms with Crippen molar-refractivity contribution >= 4 is 11.4 Å². The second-order valence-corrected chi connectivity index (χ2v) is 4.40. The van der Waals surface area contributed by atoms with E-state index in [1.54, 1.807) is 18.2 Å². The van der Waals surface area contributed by atoms with Crippen LogP contribution in [0.5, 0.6) is 11.5 Å². The standard InChI is InChI=1S/C14H12F2N2O2/c15-10-4-9(17)5-11(16)14(10)18-6-8-1-2-12-13(3-8)20-7-19-12/h1-5,18H,6-7,17H2. The van der Waals surface area contributed by atoms with Crippen molar-refractivity contribution in [1.29, 1.82) is 0 Å². The summed E-state index contributed by atoms with van der Waals surface area (Å²) in [4.78, 5) is 0. The summed E-state index contributed by atoms with van der Waals surface area (Å²) in [6.45, 7) is 0.446. The number of halogens is 2. The van der Waals surface area contributed by atoms with E-state index < -0.39 is 11.6 Å². The summed E-state index contributed by atoms with van der Waals surface area (Å²) in [7, 11) is 0. The average molecular weight is 278 g/mol. The Kier molecular flexibility index (Phi) is 3.06. The monoisotopic (exact) mass is 278 g/mol. The molecule has 0 saturated heterocycles. The molecule has 1 aliphatic rings. The quantitative estimate of drug-likeness (QED) is 0.848. The fourth-order valence-electron chi connectivity index (χ4n) is 2.00. The molecule has 0 amide bonds. The van der Waals surface area contributed by atoms with Crippen LogP contribution in [0.1, 0.15) is 5.56 Å². The van der Waals surface area contributed by atoms with E-state index in [0.717, 1.165) is 17.7 Å². The van der Waals surface area contributed by atoms with Gasteiger partial charge in [-0.3, -0.25) is 0 Å². The molecule has 3 N–H and O–H groups in total. The first-order chi connectivity index (χ1) is 9.63. The van der Waals surface area contributed by atoms with Crippen molar-refractivity contribution in [2.45, 2.75) is 6.54 Å². The Morgan fingerprint density at radius 1 is 1.05 bits per heavy atom. The highest BCUT2D eigenvalue weighted by atomic mass is 19.1. The van der Waals surface area contributed by atoms with Gasteiger partial charge in [0, 0.05) is 12.2 Å². The van der Waals surface area contributed by atoms with Gasteiger partial charge in [0.1, 0.15) is 5.69 Å². The van der Waals surface area contributed by atoms with E-state index in [9.17, 15) is 8.78 Å². The molecule has 104 valence electrons. The summed E-state index contributed by atoms with van der Waals surface area (Å²) in [5.74, 6) is -0.146. The maximum absolute atomic E-state index is 13.6. The SMILES string of the molecule is Nc1cc(F)c(NCc2ccc3c(c2)OCO3)c(F)c1. The van der Waals surface area contributed by atoms with Crippen LogP contribution in [0.3, 0.4) is 0 Å². The van der Waals surface area contributed by atoms with Crippen LogP contribution in [0.15, 0.2) is 30.3 Å². The van der Waals surface area contributed by atoms with E-state index in [4.69, 9.17) is 15.2 Å². The van der Waals surface area contributed by atoms with Crippen molar-refractivity contribution in [3.8, 4) is 11.5 Å². The van der Waals surface area contributed by atoms with Gasteiger partial charge < -0.3 is 20.5 Å². The second kappa shape index (κ2) is 4.88. The van der Waals surface area contributed by atoms with Gasteiger partial charge in [-0.1, -0.05) is 6.07 Å². The smallest absolute Gasteiger partial charge is 0.231 e. The molecule has 2 aromatic rings. The molecular formula is C14H12F2N2O2. The molecule has 1 heterocycles. The third-order valence-electron chi connectivity index (χ3n) is 2.97. The summed E-state index contributed by atoms with van der Waals surface area (Å²) < 4.78 is 37.6. The lowest BCUT2D eigenvalue weighted by molar-refractivity contribution is 0.174. The second-order valence-electron chi connectivity index (χ2n) is 4.40. The molecule has 3 rings (SSSR count). The molecule has 0 radical (unpaired) electrons. The van der Waals surface area contributed by atoms with Gasteiger partial charge in [-0.25, -0.2) is 8.78 Å². The number of benzene rings is 2. The zero-order valence-corrected chi connectivity index (χ0v) is 10.5. The van der Waals surface area contributed by atoms with Gasteiger partial charge in [0.2, 0.25) is 6.79 Å². The number of rotatable bonds is 3. The van der Waals surface area contributed by atoms with Crippen LogP contribution in [0.2, 0.25) is 0 Å². The molecule has 0 saturated carbocycles. The summed E-state index contributed by atoms with van der Waals surface area (Å²) in [6.07, 6.45) is 0. The number of nitrogens with one attached hydrogen (secondary N) is 1. The van der Waals surface area contributed by atoms with Gasteiger partial charge in [0.15, 0.2) is 23.1 Å². The minimum atomic E-state index is -0.719. The van der Waals surface area contributed by atoms with E-state index in [2.05, 4.69) is 5.32 Å². The molecular weight excluding hydrogens is 266 g/mol. The number of fused-ring (bicyclic) bond motifs is 1. The third kappa shape index (κ3) is 2.32. The summed E-state index contributed by atoms with van der Waals surface area (Å²) in [5, 5.41) is 2.71. The van der Waals surface area contributed by atoms with Crippen LogP contribution in [0.25, 0.3) is 0 Å². The number of ether oxygens (including phenoxy) is 2. The van der Waals surface area contributed by atoms with Crippen LogP contribution in [-0.2, 0) is 6.54 Å². The van der Waals surface area contributed by atoms with Crippen molar-refractivity contribution < 1.29 is 18.3 Å².